The molecule has 8 nitrogen and oxygen atoms in total. The van der Waals surface area contributed by atoms with Crippen LogP contribution in [-0.2, 0) is 9.53 Å². The second-order valence-electron chi connectivity index (χ2n) is 6.65. The number of ether oxygens (including phenoxy) is 1. The fraction of sp³-hybridized carbons (Fsp3) is 0.421. The van der Waals surface area contributed by atoms with Crippen molar-refractivity contribution >= 4 is 23.3 Å². The number of anilines is 2. The van der Waals surface area contributed by atoms with Crippen molar-refractivity contribution in [3.8, 4) is 0 Å². The van der Waals surface area contributed by atoms with Crippen LogP contribution >= 0.6 is 0 Å². The summed E-state index contributed by atoms with van der Waals surface area (Å²) in [5.41, 5.74) is 0.968. The summed E-state index contributed by atoms with van der Waals surface area (Å²) in [6.45, 7) is 3.32. The van der Waals surface area contributed by atoms with Crippen LogP contribution in [0, 0.1) is 0 Å². The summed E-state index contributed by atoms with van der Waals surface area (Å²) in [5.74, 6) is 0.671. The van der Waals surface area contributed by atoms with E-state index in [1.165, 1.54) is 6.26 Å². The van der Waals surface area contributed by atoms with E-state index in [1.54, 1.807) is 29.3 Å². The molecule has 1 atom stereocenters. The minimum atomic E-state index is -0.369. The van der Waals surface area contributed by atoms with Gasteiger partial charge in [0.25, 0.3) is 11.8 Å². The van der Waals surface area contributed by atoms with Gasteiger partial charge in [-0.2, -0.15) is 0 Å². The summed E-state index contributed by atoms with van der Waals surface area (Å²) in [5, 5.41) is 2.79. The maximum Gasteiger partial charge on any atom is 0.289 e. The van der Waals surface area contributed by atoms with Gasteiger partial charge in [-0.3, -0.25) is 9.59 Å². The molecule has 0 spiro atoms. The minimum absolute atomic E-state index is 0.0787. The van der Waals surface area contributed by atoms with Crippen molar-refractivity contribution in [3.63, 3.8) is 0 Å². The average Bonchev–Trinajstić information content (AvgIpc) is 3.42. The Labute approximate surface area is 157 Å². The Morgan fingerprint density at radius 3 is 2.63 bits per heavy atom. The van der Waals surface area contributed by atoms with Crippen molar-refractivity contribution < 1.29 is 18.7 Å². The lowest BCUT2D eigenvalue weighted by Crippen LogP contribution is -2.48. The monoisotopic (exact) mass is 370 g/mol. The Bertz CT molecular complexity index is 777. The highest BCUT2D eigenvalue weighted by Crippen LogP contribution is 2.19. The van der Waals surface area contributed by atoms with Crippen molar-refractivity contribution in [2.75, 3.05) is 43.0 Å². The Kier molecular flexibility index (Phi) is 5.06. The van der Waals surface area contributed by atoms with Gasteiger partial charge < -0.3 is 24.3 Å². The zero-order valence-electron chi connectivity index (χ0n) is 15.0. The third-order valence-electron chi connectivity index (χ3n) is 4.89. The summed E-state index contributed by atoms with van der Waals surface area (Å²) in [6.07, 6.45) is 4.55. The summed E-state index contributed by atoms with van der Waals surface area (Å²) in [6, 6.07) is 7.13. The second kappa shape index (κ2) is 7.79. The van der Waals surface area contributed by atoms with E-state index in [2.05, 4.69) is 15.2 Å². The molecule has 4 rings (SSSR count). The van der Waals surface area contributed by atoms with E-state index >= 15 is 0 Å². The number of pyridine rings is 1. The zero-order chi connectivity index (χ0) is 18.6. The fourth-order valence-electron chi connectivity index (χ4n) is 3.36. The van der Waals surface area contributed by atoms with Gasteiger partial charge >= 0.3 is 0 Å². The quantitative estimate of drug-likeness (QED) is 0.882. The first kappa shape index (κ1) is 17.5. The molecule has 1 unspecified atom stereocenters. The Balaban J connectivity index is 1.31. The molecule has 2 aromatic heterocycles. The molecule has 2 aliphatic heterocycles. The summed E-state index contributed by atoms with van der Waals surface area (Å²) < 4.78 is 10.6. The van der Waals surface area contributed by atoms with Gasteiger partial charge in [0.1, 0.15) is 11.9 Å². The first-order valence-corrected chi connectivity index (χ1v) is 9.17. The van der Waals surface area contributed by atoms with Gasteiger partial charge in [-0.1, -0.05) is 0 Å². The molecule has 0 radical (unpaired) electrons. The van der Waals surface area contributed by atoms with Crippen LogP contribution in [0.5, 0.6) is 0 Å². The van der Waals surface area contributed by atoms with E-state index in [1.807, 2.05) is 6.07 Å². The lowest BCUT2D eigenvalue weighted by molar-refractivity contribution is -0.124. The molecule has 2 fully saturated rings. The smallest absolute Gasteiger partial charge is 0.289 e. The normalized spacial score (nSPS) is 19.9. The molecule has 0 aliphatic carbocycles. The maximum absolute atomic E-state index is 12.3. The van der Waals surface area contributed by atoms with Gasteiger partial charge in [0, 0.05) is 32.8 Å². The number of carbonyl (C=O) groups excluding carboxylic acids is 2. The molecule has 0 bridgehead atoms. The zero-order valence-corrected chi connectivity index (χ0v) is 15.0. The standard InChI is InChI=1S/C19H22N4O4/c24-18(15-3-1-11-26-15)21-17-6-5-14(13-20-17)22-7-9-23(10-8-22)19(25)16-4-2-12-27-16/h2,4-6,12-13,15H,1,3,7-11H2,(H,20,21,24). The van der Waals surface area contributed by atoms with Gasteiger partial charge in [-0.25, -0.2) is 4.98 Å². The van der Waals surface area contributed by atoms with Gasteiger partial charge in [0.05, 0.1) is 18.1 Å². The van der Waals surface area contributed by atoms with E-state index in [-0.39, 0.29) is 17.9 Å². The molecule has 8 heteroatoms. The van der Waals surface area contributed by atoms with Gasteiger partial charge in [-0.05, 0) is 37.1 Å². The lowest BCUT2D eigenvalue weighted by atomic mass is 10.2. The van der Waals surface area contributed by atoms with Crippen molar-refractivity contribution in [1.29, 1.82) is 0 Å². The highest BCUT2D eigenvalue weighted by Gasteiger charge is 2.25. The number of nitrogens with one attached hydrogen (secondary N) is 1. The van der Waals surface area contributed by atoms with E-state index in [0.29, 0.717) is 31.3 Å². The molecule has 0 saturated carbocycles. The lowest BCUT2D eigenvalue weighted by Gasteiger charge is -2.35. The largest absolute Gasteiger partial charge is 0.459 e. The molecule has 2 aliphatic rings. The number of carbonyl (C=O) groups is 2. The van der Waals surface area contributed by atoms with Crippen LogP contribution in [0.2, 0.25) is 0 Å². The predicted octanol–water partition coefficient (Wildman–Crippen LogP) is 1.75. The molecule has 142 valence electrons. The molecular weight excluding hydrogens is 348 g/mol. The molecular formula is C19H22N4O4. The van der Waals surface area contributed by atoms with Crippen LogP contribution in [-0.4, -0.2) is 60.6 Å². The highest BCUT2D eigenvalue weighted by atomic mass is 16.5. The molecule has 4 heterocycles. The summed E-state index contributed by atoms with van der Waals surface area (Å²) in [7, 11) is 0. The molecule has 0 aromatic carbocycles. The highest BCUT2D eigenvalue weighted by molar-refractivity contribution is 5.93. The van der Waals surface area contributed by atoms with Crippen molar-refractivity contribution in [3.05, 3.63) is 42.5 Å². The topological polar surface area (TPSA) is 87.9 Å². The van der Waals surface area contributed by atoms with E-state index in [9.17, 15) is 9.59 Å². The second-order valence-corrected chi connectivity index (χ2v) is 6.65. The van der Waals surface area contributed by atoms with E-state index in [4.69, 9.17) is 9.15 Å². The first-order valence-electron chi connectivity index (χ1n) is 9.17. The predicted molar refractivity (Wildman–Crippen MR) is 98.7 cm³/mol. The molecule has 2 saturated heterocycles. The maximum atomic E-state index is 12.3. The molecule has 2 aromatic rings. The molecule has 2 amide bonds. The van der Waals surface area contributed by atoms with Crippen LogP contribution in [0.3, 0.4) is 0 Å². The van der Waals surface area contributed by atoms with Crippen LogP contribution < -0.4 is 10.2 Å². The third-order valence-corrected chi connectivity index (χ3v) is 4.89. The van der Waals surface area contributed by atoms with Gasteiger partial charge in [0.2, 0.25) is 0 Å². The number of hydrogen-bond donors (Lipinski definition) is 1. The SMILES string of the molecule is O=C(Nc1ccc(N2CCN(C(=O)c3ccco3)CC2)cn1)C1CCCO1. The molecule has 27 heavy (non-hydrogen) atoms. The number of amides is 2. The third kappa shape index (κ3) is 3.95. The number of rotatable bonds is 4. The Morgan fingerprint density at radius 2 is 2.00 bits per heavy atom. The first-order chi connectivity index (χ1) is 13.2. The van der Waals surface area contributed by atoms with Gasteiger partial charge in [0.15, 0.2) is 5.76 Å². The number of nitrogens with zero attached hydrogens (tertiary/aromatic N) is 3. The van der Waals surface area contributed by atoms with Gasteiger partial charge in [-0.15, -0.1) is 0 Å². The van der Waals surface area contributed by atoms with Crippen molar-refractivity contribution in [2.24, 2.45) is 0 Å². The average molecular weight is 370 g/mol. The Hall–Kier alpha value is -2.87. The fourth-order valence-corrected chi connectivity index (χ4v) is 3.36. The number of piperazine rings is 1. The summed E-state index contributed by atoms with van der Waals surface area (Å²) in [4.78, 5) is 32.7. The number of furan rings is 1. The van der Waals surface area contributed by atoms with Crippen LogP contribution in [0.4, 0.5) is 11.5 Å². The number of aromatic nitrogens is 1. The van der Waals surface area contributed by atoms with Crippen LogP contribution in [0.25, 0.3) is 0 Å². The van der Waals surface area contributed by atoms with Crippen molar-refractivity contribution in [1.82, 2.24) is 9.88 Å². The van der Waals surface area contributed by atoms with Crippen LogP contribution in [0.1, 0.15) is 23.4 Å². The minimum Gasteiger partial charge on any atom is -0.459 e. The van der Waals surface area contributed by atoms with E-state index in [0.717, 1.165) is 31.6 Å². The van der Waals surface area contributed by atoms with Crippen molar-refractivity contribution in [2.45, 2.75) is 18.9 Å². The summed E-state index contributed by atoms with van der Waals surface area (Å²) >= 11 is 0. The molecule has 1 N–H and O–H groups in total. The Morgan fingerprint density at radius 1 is 1.15 bits per heavy atom. The number of hydrogen-bond acceptors (Lipinski definition) is 6. The van der Waals surface area contributed by atoms with Crippen LogP contribution in [0.15, 0.2) is 41.1 Å². The van der Waals surface area contributed by atoms with E-state index < -0.39 is 0 Å².